The first kappa shape index (κ1) is 25.3. The molecule has 4 rings (SSSR count). The number of hydrogen-bond acceptors (Lipinski definition) is 4. The zero-order valence-corrected chi connectivity index (χ0v) is 20.9. The number of fused-ring (bicyclic) bond motifs is 1. The van der Waals surface area contributed by atoms with Crippen LogP contribution in [0.25, 0.3) is 16.1 Å². The van der Waals surface area contributed by atoms with Crippen LogP contribution in [0.1, 0.15) is 35.6 Å². The van der Waals surface area contributed by atoms with Gasteiger partial charge in [0, 0.05) is 11.8 Å². The summed E-state index contributed by atoms with van der Waals surface area (Å²) in [6.45, 7) is 1.70. The van der Waals surface area contributed by atoms with Crippen LogP contribution in [0.2, 0.25) is 0 Å². The van der Waals surface area contributed by atoms with Gasteiger partial charge in [0.15, 0.2) is 0 Å². The van der Waals surface area contributed by atoms with E-state index in [-0.39, 0.29) is 19.6 Å². The third-order valence-corrected chi connectivity index (χ3v) is 6.98. The minimum atomic E-state index is -1.34. The molecule has 0 spiro atoms. The Bertz CT molecular complexity index is 1380. The van der Waals surface area contributed by atoms with E-state index >= 15 is 0 Å². The van der Waals surface area contributed by atoms with Gasteiger partial charge in [-0.3, -0.25) is 13.8 Å². The Labute approximate surface area is 212 Å². The fourth-order valence-electron chi connectivity index (χ4n) is 4.29. The molecule has 0 fully saturated rings. The van der Waals surface area contributed by atoms with Gasteiger partial charge >= 0.3 is 5.97 Å². The first-order valence-corrected chi connectivity index (χ1v) is 13.0. The fourth-order valence-corrected chi connectivity index (χ4v) is 5.30. The lowest BCUT2D eigenvalue weighted by molar-refractivity contribution is -0.145. The average Bonchev–Trinajstić information content (AvgIpc) is 3.13. The van der Waals surface area contributed by atoms with Crippen LogP contribution in [0.4, 0.5) is 4.39 Å². The summed E-state index contributed by atoms with van der Waals surface area (Å²) in [6.07, 6.45) is 1.55. The number of rotatable bonds is 8. The summed E-state index contributed by atoms with van der Waals surface area (Å²) in [5.41, 5.74) is 5.09. The zero-order chi connectivity index (χ0) is 25.7. The molecule has 1 N–H and O–H groups in total. The number of benzene rings is 3. The fraction of sp³-hybridized carbons (Fsp3) is 0.172. The Hall–Kier alpha value is -3.84. The van der Waals surface area contributed by atoms with Crippen molar-refractivity contribution in [2.75, 3.05) is 12.8 Å². The second kappa shape index (κ2) is 11.3. The van der Waals surface area contributed by atoms with E-state index in [1.807, 2.05) is 67.6 Å². The van der Waals surface area contributed by atoms with E-state index in [2.05, 4.69) is 5.32 Å². The lowest BCUT2D eigenvalue weighted by atomic mass is 10.00. The maximum Gasteiger partial charge on any atom is 0.325 e. The molecule has 0 radical (unpaired) electrons. The molecule has 1 amide bonds. The molecule has 1 aliphatic carbocycles. The average molecular weight is 504 g/mol. The molecule has 0 saturated carbocycles. The van der Waals surface area contributed by atoms with Crippen molar-refractivity contribution >= 4 is 38.7 Å². The van der Waals surface area contributed by atoms with Crippen molar-refractivity contribution in [2.24, 2.45) is 0 Å². The highest BCUT2D eigenvalue weighted by Crippen LogP contribution is 2.46. The molecule has 0 aromatic heterocycles. The Morgan fingerprint density at radius 3 is 2.28 bits per heavy atom. The highest BCUT2D eigenvalue weighted by molar-refractivity contribution is 7.94. The van der Waals surface area contributed by atoms with Crippen LogP contribution < -0.4 is 5.32 Å². The molecular formula is C29H26FNO4S. The molecule has 36 heavy (non-hydrogen) atoms. The van der Waals surface area contributed by atoms with Gasteiger partial charge in [-0.15, -0.1) is 0 Å². The van der Waals surface area contributed by atoms with Crippen LogP contribution in [0, 0.1) is 5.82 Å². The number of amides is 1. The third-order valence-electron chi connectivity index (χ3n) is 5.96. The van der Waals surface area contributed by atoms with Gasteiger partial charge in [-0.2, -0.15) is 0 Å². The van der Waals surface area contributed by atoms with E-state index in [1.165, 1.54) is 12.1 Å². The van der Waals surface area contributed by atoms with Gasteiger partial charge in [0.1, 0.15) is 19.0 Å². The standard InChI is InChI=1S/C29H26FNO4S/c1-19-24(16-26(32)31-17-27(33)35-18-20-9-5-3-6-10-20)25-15-22(30)13-14-23(25)28(19)29(36(2)34)21-11-7-4-8-12-21/h3-15H,16-18H2,1-2H3,(H,31,32). The van der Waals surface area contributed by atoms with E-state index in [0.29, 0.717) is 16.0 Å². The van der Waals surface area contributed by atoms with Gasteiger partial charge < -0.3 is 10.1 Å². The number of nitrogens with one attached hydrogen (secondary N) is 1. The third kappa shape index (κ3) is 5.69. The van der Waals surface area contributed by atoms with Gasteiger partial charge in [-0.05, 0) is 52.5 Å². The minimum absolute atomic E-state index is 0.0594. The van der Waals surface area contributed by atoms with Crippen LogP contribution in [0.3, 0.4) is 0 Å². The molecule has 0 bridgehead atoms. The van der Waals surface area contributed by atoms with Gasteiger partial charge in [0.2, 0.25) is 5.91 Å². The number of hydrogen-bond donors (Lipinski definition) is 1. The number of esters is 1. The van der Waals surface area contributed by atoms with Crippen molar-refractivity contribution in [1.29, 1.82) is 0 Å². The van der Waals surface area contributed by atoms with E-state index in [0.717, 1.165) is 27.8 Å². The van der Waals surface area contributed by atoms with Crippen molar-refractivity contribution in [2.45, 2.75) is 20.0 Å². The first-order valence-electron chi connectivity index (χ1n) is 11.4. The quantitative estimate of drug-likeness (QED) is 0.434. The molecule has 3 aromatic rings. The molecule has 1 aliphatic rings. The van der Waals surface area contributed by atoms with Crippen molar-refractivity contribution in [1.82, 2.24) is 5.32 Å². The van der Waals surface area contributed by atoms with E-state index in [4.69, 9.17) is 4.74 Å². The summed E-state index contributed by atoms with van der Waals surface area (Å²) >= 11 is 0. The predicted octanol–water partition coefficient (Wildman–Crippen LogP) is 5.11. The Morgan fingerprint density at radius 1 is 0.944 bits per heavy atom. The van der Waals surface area contributed by atoms with Crippen LogP contribution in [0.15, 0.2) is 84.4 Å². The van der Waals surface area contributed by atoms with Crippen molar-refractivity contribution in [3.8, 4) is 0 Å². The molecule has 1 atom stereocenters. The summed E-state index contributed by atoms with van der Waals surface area (Å²) in [7, 11) is -1.34. The van der Waals surface area contributed by atoms with Crippen LogP contribution in [0.5, 0.6) is 0 Å². The largest absolute Gasteiger partial charge is 0.460 e. The lowest BCUT2D eigenvalue weighted by Crippen LogP contribution is -2.30. The summed E-state index contributed by atoms with van der Waals surface area (Å²) in [6, 6.07) is 23.0. The Kier molecular flexibility index (Phi) is 7.90. The highest BCUT2D eigenvalue weighted by atomic mass is 32.2. The summed E-state index contributed by atoms with van der Waals surface area (Å²) < 4.78 is 32.3. The Balaban J connectivity index is 1.56. The Morgan fingerprint density at radius 2 is 1.61 bits per heavy atom. The molecule has 3 aromatic carbocycles. The van der Waals surface area contributed by atoms with Crippen LogP contribution >= 0.6 is 0 Å². The van der Waals surface area contributed by atoms with Crippen molar-refractivity contribution in [3.05, 3.63) is 113 Å². The van der Waals surface area contributed by atoms with Gasteiger partial charge in [-0.1, -0.05) is 66.7 Å². The van der Waals surface area contributed by atoms with E-state index in [9.17, 15) is 18.2 Å². The molecule has 184 valence electrons. The number of carbonyl (C=O) groups is 2. The monoisotopic (exact) mass is 503 g/mol. The topological polar surface area (TPSA) is 72.5 Å². The number of allylic oxidation sites excluding steroid dienone is 2. The second-order valence-electron chi connectivity index (χ2n) is 8.42. The molecule has 7 heteroatoms. The molecule has 1 unspecified atom stereocenters. The SMILES string of the molecule is CC1=C(CC(=O)NCC(=O)OCc2ccccc2)c2cc(F)ccc2C1=C(c1ccccc1)S(C)=O. The van der Waals surface area contributed by atoms with Crippen molar-refractivity contribution in [3.63, 3.8) is 0 Å². The summed E-state index contributed by atoms with van der Waals surface area (Å²) in [4.78, 5) is 25.5. The number of carbonyl (C=O) groups excluding carboxylic acids is 2. The molecule has 5 nitrogen and oxygen atoms in total. The molecule has 0 heterocycles. The second-order valence-corrected chi connectivity index (χ2v) is 9.73. The smallest absolute Gasteiger partial charge is 0.325 e. The van der Waals surface area contributed by atoms with Crippen molar-refractivity contribution < 1.29 is 22.9 Å². The highest BCUT2D eigenvalue weighted by Gasteiger charge is 2.29. The van der Waals surface area contributed by atoms with Gasteiger partial charge in [0.05, 0.1) is 22.1 Å². The minimum Gasteiger partial charge on any atom is -0.460 e. The van der Waals surface area contributed by atoms with Gasteiger partial charge in [-0.25, -0.2) is 4.39 Å². The summed E-state index contributed by atoms with van der Waals surface area (Å²) in [5.74, 6) is -1.37. The predicted molar refractivity (Wildman–Crippen MR) is 140 cm³/mol. The zero-order valence-electron chi connectivity index (χ0n) is 20.0. The normalized spacial score (nSPS) is 14.8. The number of ether oxygens (including phenoxy) is 1. The maximum atomic E-state index is 14.2. The van der Waals surface area contributed by atoms with Crippen LogP contribution in [-0.4, -0.2) is 28.9 Å². The molecular weight excluding hydrogens is 477 g/mol. The molecule has 0 saturated heterocycles. The number of halogens is 1. The van der Waals surface area contributed by atoms with Gasteiger partial charge in [0.25, 0.3) is 0 Å². The van der Waals surface area contributed by atoms with Crippen LogP contribution in [-0.2, 0) is 31.7 Å². The maximum absolute atomic E-state index is 14.2. The van der Waals surface area contributed by atoms with E-state index < -0.39 is 28.5 Å². The van der Waals surface area contributed by atoms with E-state index in [1.54, 1.807) is 12.3 Å². The first-order chi connectivity index (χ1) is 17.3. The lowest BCUT2D eigenvalue weighted by Gasteiger charge is -2.12. The molecule has 0 aliphatic heterocycles. The summed E-state index contributed by atoms with van der Waals surface area (Å²) in [5, 5.41) is 2.59.